The molecule has 1 aliphatic heterocycles. The van der Waals surface area contributed by atoms with Crippen molar-refractivity contribution in [2.24, 2.45) is 13.0 Å². The summed E-state index contributed by atoms with van der Waals surface area (Å²) in [5, 5.41) is 14.5. The summed E-state index contributed by atoms with van der Waals surface area (Å²) in [5.74, 6) is 0.976. The van der Waals surface area contributed by atoms with Gasteiger partial charge >= 0.3 is 0 Å². The van der Waals surface area contributed by atoms with E-state index in [4.69, 9.17) is 0 Å². The van der Waals surface area contributed by atoms with Gasteiger partial charge in [-0.1, -0.05) is 0 Å². The van der Waals surface area contributed by atoms with Crippen molar-refractivity contribution in [2.45, 2.75) is 37.2 Å². The summed E-state index contributed by atoms with van der Waals surface area (Å²) < 4.78 is 1.83. The minimum absolute atomic E-state index is 0.0420. The third-order valence-corrected chi connectivity index (χ3v) is 4.73. The minimum atomic E-state index is -0.600. The Morgan fingerprint density at radius 1 is 1.37 bits per heavy atom. The van der Waals surface area contributed by atoms with Crippen molar-refractivity contribution in [3.05, 3.63) is 17.5 Å². The van der Waals surface area contributed by atoms with Crippen LogP contribution in [0.3, 0.4) is 0 Å². The van der Waals surface area contributed by atoms with Crippen LogP contribution in [0.5, 0.6) is 0 Å². The zero-order valence-corrected chi connectivity index (χ0v) is 11.2. The fourth-order valence-electron chi connectivity index (χ4n) is 3.26. The van der Waals surface area contributed by atoms with E-state index in [1.54, 1.807) is 11.1 Å². The third kappa shape index (κ3) is 1.71. The van der Waals surface area contributed by atoms with Crippen molar-refractivity contribution in [2.75, 3.05) is 13.1 Å². The van der Waals surface area contributed by atoms with Gasteiger partial charge in [0.1, 0.15) is 5.60 Å². The normalized spacial score (nSPS) is 25.3. The van der Waals surface area contributed by atoms with E-state index >= 15 is 0 Å². The number of β-amino-alcohol motifs (C(OH)–C–C–N with tert-alkyl or cyclic N) is 1. The fourth-order valence-corrected chi connectivity index (χ4v) is 3.26. The standard InChI is InChI=1S/C14H19N3O2/c1-16-12(9-2-3-9)11(6-15-16)13(18)17-7-14(19,8-17)10-4-5-10/h6,9-10,19H,2-5,7-8H2,1H3. The highest BCUT2D eigenvalue weighted by Gasteiger charge is 2.53. The van der Waals surface area contributed by atoms with E-state index in [1.165, 1.54) is 0 Å². The molecule has 102 valence electrons. The Morgan fingerprint density at radius 3 is 2.63 bits per heavy atom. The SMILES string of the molecule is Cn1ncc(C(=O)N2CC(O)(C3CC3)C2)c1C1CC1. The molecule has 3 fully saturated rings. The summed E-state index contributed by atoms with van der Waals surface area (Å²) in [4.78, 5) is 14.3. The molecule has 2 heterocycles. The van der Waals surface area contributed by atoms with Gasteiger partial charge in [-0.05, 0) is 31.6 Å². The monoisotopic (exact) mass is 261 g/mol. The van der Waals surface area contributed by atoms with Gasteiger partial charge in [-0.25, -0.2) is 0 Å². The highest BCUT2D eigenvalue weighted by Crippen LogP contribution is 2.46. The van der Waals surface area contributed by atoms with Crippen LogP contribution in [0.25, 0.3) is 0 Å². The summed E-state index contributed by atoms with van der Waals surface area (Å²) in [5.41, 5.74) is 1.21. The number of carbonyl (C=O) groups excluding carboxylic acids is 1. The van der Waals surface area contributed by atoms with Crippen LogP contribution in [0.15, 0.2) is 6.20 Å². The molecule has 1 aromatic heterocycles. The second kappa shape index (κ2) is 3.60. The molecule has 4 rings (SSSR count). The predicted molar refractivity (Wildman–Crippen MR) is 68.8 cm³/mol. The van der Waals surface area contributed by atoms with Gasteiger partial charge in [0.25, 0.3) is 5.91 Å². The molecule has 3 aliphatic rings. The second-order valence-electron chi connectivity index (χ2n) is 6.38. The lowest BCUT2D eigenvalue weighted by Gasteiger charge is -2.46. The van der Waals surface area contributed by atoms with Crippen molar-refractivity contribution in [3.63, 3.8) is 0 Å². The van der Waals surface area contributed by atoms with Gasteiger partial charge in [-0.15, -0.1) is 0 Å². The lowest BCUT2D eigenvalue weighted by molar-refractivity contribution is -0.0958. The Hall–Kier alpha value is -1.36. The van der Waals surface area contributed by atoms with Crippen LogP contribution >= 0.6 is 0 Å². The number of aryl methyl sites for hydroxylation is 1. The molecule has 0 radical (unpaired) electrons. The summed E-state index contributed by atoms with van der Waals surface area (Å²) in [6.45, 7) is 0.991. The van der Waals surface area contributed by atoms with Gasteiger partial charge in [-0.3, -0.25) is 9.48 Å². The molecule has 1 aromatic rings. The van der Waals surface area contributed by atoms with Gasteiger partial charge in [0.05, 0.1) is 30.5 Å². The molecular weight excluding hydrogens is 242 g/mol. The molecule has 1 N–H and O–H groups in total. The molecule has 0 aromatic carbocycles. The number of aliphatic hydroxyl groups is 1. The quantitative estimate of drug-likeness (QED) is 0.879. The van der Waals surface area contributed by atoms with Crippen molar-refractivity contribution < 1.29 is 9.90 Å². The largest absolute Gasteiger partial charge is 0.386 e. The number of aromatic nitrogens is 2. The van der Waals surface area contributed by atoms with E-state index in [0.29, 0.717) is 24.9 Å². The number of carbonyl (C=O) groups is 1. The lowest BCUT2D eigenvalue weighted by atomic mass is 9.88. The van der Waals surface area contributed by atoms with Crippen LogP contribution in [0, 0.1) is 5.92 Å². The summed E-state index contributed by atoms with van der Waals surface area (Å²) in [6.07, 6.45) is 6.22. The zero-order valence-electron chi connectivity index (χ0n) is 11.2. The number of likely N-dealkylation sites (tertiary alicyclic amines) is 1. The summed E-state index contributed by atoms with van der Waals surface area (Å²) >= 11 is 0. The Bertz CT molecular complexity index is 537. The number of amides is 1. The van der Waals surface area contributed by atoms with E-state index in [2.05, 4.69) is 5.10 Å². The highest BCUT2D eigenvalue weighted by molar-refractivity contribution is 5.96. The molecule has 5 heteroatoms. The van der Waals surface area contributed by atoms with E-state index < -0.39 is 5.60 Å². The minimum Gasteiger partial charge on any atom is -0.386 e. The van der Waals surface area contributed by atoms with Gasteiger partial charge < -0.3 is 10.0 Å². The van der Waals surface area contributed by atoms with Crippen LogP contribution in [0.2, 0.25) is 0 Å². The Kier molecular flexibility index (Phi) is 2.17. The zero-order chi connectivity index (χ0) is 13.2. The molecule has 0 bridgehead atoms. The van der Waals surface area contributed by atoms with Crippen molar-refractivity contribution in [1.29, 1.82) is 0 Å². The first-order valence-corrected chi connectivity index (χ1v) is 7.12. The first-order chi connectivity index (χ1) is 9.08. The molecule has 1 amide bonds. The topological polar surface area (TPSA) is 58.4 Å². The van der Waals surface area contributed by atoms with Gasteiger partial charge in [0, 0.05) is 13.0 Å². The second-order valence-corrected chi connectivity index (χ2v) is 6.38. The van der Waals surface area contributed by atoms with E-state index in [1.807, 2.05) is 11.7 Å². The van der Waals surface area contributed by atoms with Crippen molar-refractivity contribution in [3.8, 4) is 0 Å². The van der Waals surface area contributed by atoms with Crippen LogP contribution in [0.1, 0.15) is 47.7 Å². The molecule has 5 nitrogen and oxygen atoms in total. The smallest absolute Gasteiger partial charge is 0.257 e. The first-order valence-electron chi connectivity index (χ1n) is 7.12. The Balaban J connectivity index is 1.52. The van der Waals surface area contributed by atoms with Gasteiger partial charge in [-0.2, -0.15) is 5.10 Å². The van der Waals surface area contributed by atoms with Gasteiger partial charge in [0.15, 0.2) is 0 Å². The van der Waals surface area contributed by atoms with Gasteiger partial charge in [0.2, 0.25) is 0 Å². The molecule has 2 saturated carbocycles. The first kappa shape index (κ1) is 11.5. The number of hydrogen-bond donors (Lipinski definition) is 1. The molecule has 2 aliphatic carbocycles. The van der Waals surface area contributed by atoms with Crippen LogP contribution in [-0.2, 0) is 7.05 Å². The van der Waals surface area contributed by atoms with Crippen LogP contribution in [-0.4, -0.2) is 44.4 Å². The van der Waals surface area contributed by atoms with E-state index in [0.717, 1.165) is 36.9 Å². The molecule has 1 saturated heterocycles. The Labute approximate surface area is 112 Å². The van der Waals surface area contributed by atoms with E-state index in [9.17, 15) is 9.90 Å². The molecule has 0 spiro atoms. The van der Waals surface area contributed by atoms with Crippen molar-refractivity contribution in [1.82, 2.24) is 14.7 Å². The number of hydrogen-bond acceptors (Lipinski definition) is 3. The summed E-state index contributed by atoms with van der Waals surface area (Å²) in [7, 11) is 1.90. The van der Waals surface area contributed by atoms with Crippen LogP contribution in [0.4, 0.5) is 0 Å². The number of nitrogens with zero attached hydrogens (tertiary/aromatic N) is 3. The fraction of sp³-hybridized carbons (Fsp3) is 0.714. The van der Waals surface area contributed by atoms with E-state index in [-0.39, 0.29) is 5.91 Å². The molecule has 0 unspecified atom stereocenters. The third-order valence-electron chi connectivity index (χ3n) is 4.73. The van der Waals surface area contributed by atoms with Crippen LogP contribution < -0.4 is 0 Å². The molecule has 0 atom stereocenters. The average molecular weight is 261 g/mol. The average Bonchev–Trinajstić information content (AvgIpc) is 3.22. The summed E-state index contributed by atoms with van der Waals surface area (Å²) in [6, 6.07) is 0. The number of rotatable bonds is 3. The maximum atomic E-state index is 12.5. The maximum Gasteiger partial charge on any atom is 0.257 e. The lowest BCUT2D eigenvalue weighted by Crippen LogP contribution is -2.64. The Morgan fingerprint density at radius 2 is 2.05 bits per heavy atom. The molecular formula is C14H19N3O2. The predicted octanol–water partition coefficient (Wildman–Crippen LogP) is 0.894. The molecule has 19 heavy (non-hydrogen) atoms. The maximum absolute atomic E-state index is 12.5. The van der Waals surface area contributed by atoms with Crippen molar-refractivity contribution >= 4 is 5.91 Å². The highest BCUT2D eigenvalue weighted by atomic mass is 16.3.